The topological polar surface area (TPSA) is 55.8 Å². The zero-order valence-corrected chi connectivity index (χ0v) is 9.45. The van der Waals surface area contributed by atoms with Crippen LogP contribution >= 0.6 is 0 Å². The standard InChI is InChI=1S/C11H18O4/c1-11(2,9(12)10(13)14-3)8-5-4-6-15-7-8/h7,9,12H,4-6H2,1-3H3. The van der Waals surface area contributed by atoms with Crippen molar-refractivity contribution in [1.29, 1.82) is 0 Å². The van der Waals surface area contributed by atoms with Gasteiger partial charge >= 0.3 is 5.97 Å². The molecule has 0 aliphatic carbocycles. The molecule has 4 heteroatoms. The molecule has 0 saturated carbocycles. The number of esters is 1. The largest absolute Gasteiger partial charge is 0.501 e. The lowest BCUT2D eigenvalue weighted by Crippen LogP contribution is -2.39. The number of aliphatic hydroxyl groups excluding tert-OH is 1. The molecule has 1 atom stereocenters. The Morgan fingerprint density at radius 3 is 2.80 bits per heavy atom. The van der Waals surface area contributed by atoms with Crippen LogP contribution in [0.3, 0.4) is 0 Å². The molecule has 1 unspecified atom stereocenters. The first kappa shape index (κ1) is 12.0. The molecule has 1 aliphatic heterocycles. The van der Waals surface area contributed by atoms with Crippen LogP contribution in [0.1, 0.15) is 26.7 Å². The van der Waals surface area contributed by atoms with E-state index in [1.54, 1.807) is 6.26 Å². The van der Waals surface area contributed by atoms with E-state index in [-0.39, 0.29) is 0 Å². The van der Waals surface area contributed by atoms with E-state index in [1.165, 1.54) is 7.11 Å². The summed E-state index contributed by atoms with van der Waals surface area (Å²) in [6, 6.07) is 0. The third-order valence-corrected chi connectivity index (χ3v) is 2.87. The maximum absolute atomic E-state index is 11.3. The molecule has 0 spiro atoms. The van der Waals surface area contributed by atoms with Crippen molar-refractivity contribution in [2.45, 2.75) is 32.8 Å². The Balaban J connectivity index is 2.80. The predicted octanol–water partition coefficient (Wildman–Crippen LogP) is 1.24. The first-order chi connectivity index (χ1) is 7.00. The minimum Gasteiger partial charge on any atom is -0.501 e. The highest BCUT2D eigenvalue weighted by Gasteiger charge is 2.38. The molecule has 0 aromatic carbocycles. The molecule has 1 heterocycles. The van der Waals surface area contributed by atoms with E-state index in [0.29, 0.717) is 6.61 Å². The summed E-state index contributed by atoms with van der Waals surface area (Å²) in [4.78, 5) is 11.3. The van der Waals surface area contributed by atoms with E-state index < -0.39 is 17.5 Å². The number of rotatable bonds is 3. The number of hydrogen-bond donors (Lipinski definition) is 1. The predicted molar refractivity (Wildman–Crippen MR) is 55.1 cm³/mol. The fourth-order valence-electron chi connectivity index (χ4n) is 1.62. The summed E-state index contributed by atoms with van der Waals surface area (Å²) in [5.41, 5.74) is 0.319. The molecule has 1 aliphatic rings. The number of aliphatic hydroxyl groups is 1. The van der Waals surface area contributed by atoms with Gasteiger partial charge in [-0.1, -0.05) is 13.8 Å². The van der Waals surface area contributed by atoms with Crippen LogP contribution in [0.2, 0.25) is 0 Å². The zero-order valence-electron chi connectivity index (χ0n) is 9.45. The van der Waals surface area contributed by atoms with E-state index in [9.17, 15) is 9.90 Å². The molecular formula is C11H18O4. The van der Waals surface area contributed by atoms with Gasteiger partial charge in [0.25, 0.3) is 0 Å². The fourth-order valence-corrected chi connectivity index (χ4v) is 1.62. The van der Waals surface area contributed by atoms with Gasteiger partial charge in [0.1, 0.15) is 0 Å². The second-order valence-electron chi connectivity index (χ2n) is 4.26. The molecule has 86 valence electrons. The summed E-state index contributed by atoms with van der Waals surface area (Å²) in [5, 5.41) is 9.83. The molecule has 0 radical (unpaired) electrons. The van der Waals surface area contributed by atoms with Gasteiger partial charge in [0.05, 0.1) is 20.0 Å². The molecular weight excluding hydrogens is 196 g/mol. The lowest BCUT2D eigenvalue weighted by atomic mass is 9.77. The monoisotopic (exact) mass is 214 g/mol. The van der Waals surface area contributed by atoms with Crippen molar-refractivity contribution in [1.82, 2.24) is 0 Å². The lowest BCUT2D eigenvalue weighted by Gasteiger charge is -2.32. The Kier molecular flexibility index (Phi) is 3.74. The molecule has 1 rings (SSSR count). The van der Waals surface area contributed by atoms with Crippen LogP contribution in [0, 0.1) is 5.41 Å². The molecule has 0 aromatic heterocycles. The van der Waals surface area contributed by atoms with Crippen LogP contribution in [0.25, 0.3) is 0 Å². The maximum Gasteiger partial charge on any atom is 0.335 e. The minimum absolute atomic E-state index is 0.605. The van der Waals surface area contributed by atoms with Gasteiger partial charge in [0.15, 0.2) is 6.10 Å². The average Bonchev–Trinajstić information content (AvgIpc) is 2.28. The zero-order chi connectivity index (χ0) is 11.5. The molecule has 0 amide bonds. The third-order valence-electron chi connectivity index (χ3n) is 2.87. The first-order valence-electron chi connectivity index (χ1n) is 5.07. The summed E-state index contributed by atoms with van der Waals surface area (Å²) in [6.07, 6.45) is 2.27. The smallest absolute Gasteiger partial charge is 0.335 e. The van der Waals surface area contributed by atoms with Crippen molar-refractivity contribution in [3.8, 4) is 0 Å². The highest BCUT2D eigenvalue weighted by Crippen LogP contribution is 2.35. The van der Waals surface area contributed by atoms with E-state index in [4.69, 9.17) is 4.74 Å². The second kappa shape index (κ2) is 4.66. The summed E-state index contributed by atoms with van der Waals surface area (Å²) in [6.45, 7) is 4.33. The molecule has 15 heavy (non-hydrogen) atoms. The van der Waals surface area contributed by atoms with Gasteiger partial charge in [-0.3, -0.25) is 0 Å². The summed E-state index contributed by atoms with van der Waals surface area (Å²) in [5.74, 6) is -0.605. The van der Waals surface area contributed by atoms with Crippen LogP contribution in [0.15, 0.2) is 11.8 Å². The second-order valence-corrected chi connectivity index (χ2v) is 4.26. The molecule has 0 fully saturated rings. The van der Waals surface area contributed by atoms with Gasteiger partial charge in [-0.05, 0) is 18.4 Å². The van der Waals surface area contributed by atoms with Gasteiger partial charge in [-0.25, -0.2) is 4.79 Å². The van der Waals surface area contributed by atoms with Crippen LogP contribution in [0.4, 0.5) is 0 Å². The van der Waals surface area contributed by atoms with Gasteiger partial charge in [-0.15, -0.1) is 0 Å². The van der Waals surface area contributed by atoms with E-state index >= 15 is 0 Å². The molecule has 1 N–H and O–H groups in total. The van der Waals surface area contributed by atoms with Crippen molar-refractivity contribution in [2.75, 3.05) is 13.7 Å². The maximum atomic E-state index is 11.3. The van der Waals surface area contributed by atoms with Crippen molar-refractivity contribution in [3.63, 3.8) is 0 Å². The van der Waals surface area contributed by atoms with Crippen LogP contribution in [0.5, 0.6) is 0 Å². The van der Waals surface area contributed by atoms with E-state index in [0.717, 1.165) is 18.4 Å². The van der Waals surface area contributed by atoms with Gasteiger partial charge in [0, 0.05) is 5.41 Å². The average molecular weight is 214 g/mol. The number of ether oxygens (including phenoxy) is 2. The summed E-state index contributed by atoms with van der Waals surface area (Å²) in [7, 11) is 1.27. The number of carbonyl (C=O) groups is 1. The number of carbonyl (C=O) groups excluding carboxylic acids is 1. The fraction of sp³-hybridized carbons (Fsp3) is 0.727. The van der Waals surface area contributed by atoms with Crippen LogP contribution in [-0.4, -0.2) is 30.9 Å². The van der Waals surface area contributed by atoms with Crippen molar-refractivity contribution < 1.29 is 19.4 Å². The summed E-state index contributed by atoms with van der Waals surface area (Å²) < 4.78 is 9.74. The van der Waals surface area contributed by atoms with Crippen LogP contribution < -0.4 is 0 Å². The van der Waals surface area contributed by atoms with Gasteiger partial charge < -0.3 is 14.6 Å². The Bertz CT molecular complexity index is 268. The van der Waals surface area contributed by atoms with Crippen molar-refractivity contribution in [3.05, 3.63) is 11.8 Å². The quantitative estimate of drug-likeness (QED) is 0.718. The number of hydrogen-bond acceptors (Lipinski definition) is 4. The Morgan fingerprint density at radius 2 is 2.33 bits per heavy atom. The molecule has 0 bridgehead atoms. The Hall–Kier alpha value is -1.03. The molecule has 0 aromatic rings. The van der Waals surface area contributed by atoms with E-state index in [1.807, 2.05) is 13.8 Å². The highest BCUT2D eigenvalue weighted by molar-refractivity contribution is 5.75. The van der Waals surface area contributed by atoms with Gasteiger partial charge in [0.2, 0.25) is 0 Å². The minimum atomic E-state index is -1.14. The molecule has 0 saturated heterocycles. The van der Waals surface area contributed by atoms with E-state index in [2.05, 4.69) is 4.74 Å². The van der Waals surface area contributed by atoms with Crippen LogP contribution in [-0.2, 0) is 14.3 Å². The SMILES string of the molecule is COC(=O)C(O)C(C)(C)C1=COCCC1. The highest BCUT2D eigenvalue weighted by atomic mass is 16.5. The Morgan fingerprint density at radius 1 is 1.67 bits per heavy atom. The van der Waals surface area contributed by atoms with Crippen molar-refractivity contribution in [2.24, 2.45) is 5.41 Å². The lowest BCUT2D eigenvalue weighted by molar-refractivity contribution is -0.155. The Labute approximate surface area is 89.9 Å². The number of methoxy groups -OCH3 is 1. The van der Waals surface area contributed by atoms with Crippen molar-refractivity contribution >= 4 is 5.97 Å². The third kappa shape index (κ3) is 2.50. The normalized spacial score (nSPS) is 18.8. The molecule has 4 nitrogen and oxygen atoms in total. The first-order valence-corrected chi connectivity index (χ1v) is 5.07. The summed E-state index contributed by atoms with van der Waals surface area (Å²) >= 11 is 0. The van der Waals surface area contributed by atoms with Gasteiger partial charge in [-0.2, -0.15) is 0 Å².